The predicted molar refractivity (Wildman–Crippen MR) is 109 cm³/mol. The molecule has 0 radical (unpaired) electrons. The van der Waals surface area contributed by atoms with Crippen LogP contribution in [0.5, 0.6) is 5.75 Å². The number of hydrogen-bond acceptors (Lipinski definition) is 9. The quantitative estimate of drug-likeness (QED) is 0.149. The van der Waals surface area contributed by atoms with Gasteiger partial charge in [-0.2, -0.15) is 0 Å². The number of aromatic hydroxyl groups is 1. The highest BCUT2D eigenvalue weighted by Gasteiger charge is 2.30. The molecule has 13 heteroatoms. The van der Waals surface area contributed by atoms with E-state index in [1.165, 1.54) is 31.2 Å². The molecule has 0 saturated heterocycles. The molecular formula is C19H28N4O9. The maximum absolute atomic E-state index is 12.4. The van der Waals surface area contributed by atoms with Crippen molar-refractivity contribution in [3.05, 3.63) is 29.8 Å². The van der Waals surface area contributed by atoms with Gasteiger partial charge in [0.25, 0.3) is 0 Å². The lowest BCUT2D eigenvalue weighted by atomic mass is 10.1. The molecule has 13 nitrogen and oxygen atoms in total. The highest BCUT2D eigenvalue weighted by atomic mass is 16.4. The molecule has 10 N–H and O–H groups in total. The van der Waals surface area contributed by atoms with Crippen molar-refractivity contribution in [2.24, 2.45) is 5.73 Å². The molecule has 3 amide bonds. The summed E-state index contributed by atoms with van der Waals surface area (Å²) in [6.45, 7) is -0.522. The third-order valence-electron chi connectivity index (χ3n) is 4.44. The van der Waals surface area contributed by atoms with Crippen LogP contribution in [0.3, 0.4) is 0 Å². The van der Waals surface area contributed by atoms with Crippen LogP contribution >= 0.6 is 0 Å². The van der Waals surface area contributed by atoms with Gasteiger partial charge in [0, 0.05) is 6.42 Å². The standard InChI is InChI=1S/C19H28N4O9/c1-9(26)15(20)18(30)23-14(8-25)17(29)22-13(7-24)16(28)21-12(19(31)32)6-10-2-4-11(27)5-3-10/h2-5,9,12-15,24-27H,6-8,20H2,1H3,(H,21,28)(H,22,29)(H,23,30)(H,31,32). The van der Waals surface area contributed by atoms with Crippen LogP contribution in [-0.2, 0) is 25.6 Å². The van der Waals surface area contributed by atoms with Gasteiger partial charge in [0.05, 0.1) is 19.3 Å². The van der Waals surface area contributed by atoms with Crippen LogP contribution < -0.4 is 21.7 Å². The number of amides is 3. The Bertz CT molecular complexity index is 800. The Morgan fingerprint density at radius 3 is 1.72 bits per heavy atom. The van der Waals surface area contributed by atoms with Gasteiger partial charge in [-0.3, -0.25) is 14.4 Å². The van der Waals surface area contributed by atoms with Crippen LogP contribution in [0.15, 0.2) is 24.3 Å². The first-order valence-corrected chi connectivity index (χ1v) is 9.57. The van der Waals surface area contributed by atoms with Crippen molar-refractivity contribution < 1.29 is 44.7 Å². The van der Waals surface area contributed by atoms with Gasteiger partial charge >= 0.3 is 5.97 Å². The molecule has 0 saturated carbocycles. The average molecular weight is 456 g/mol. The molecule has 1 aromatic carbocycles. The van der Waals surface area contributed by atoms with Crippen molar-refractivity contribution >= 4 is 23.7 Å². The fraction of sp³-hybridized carbons (Fsp3) is 0.474. The number of nitrogens with two attached hydrogens (primary N) is 1. The smallest absolute Gasteiger partial charge is 0.326 e. The summed E-state index contributed by atoms with van der Waals surface area (Å²) in [5.41, 5.74) is 5.94. The van der Waals surface area contributed by atoms with E-state index in [-0.39, 0.29) is 12.2 Å². The number of rotatable bonds is 12. The number of hydrogen-bond donors (Lipinski definition) is 9. The van der Waals surface area contributed by atoms with E-state index >= 15 is 0 Å². The number of nitrogens with one attached hydrogen (secondary N) is 3. The van der Waals surface area contributed by atoms with E-state index in [2.05, 4.69) is 16.0 Å². The molecule has 0 aromatic heterocycles. The Labute approximate surface area is 183 Å². The summed E-state index contributed by atoms with van der Waals surface area (Å²) < 4.78 is 0. The van der Waals surface area contributed by atoms with Crippen LogP contribution in [0.25, 0.3) is 0 Å². The van der Waals surface area contributed by atoms with Crippen LogP contribution in [-0.4, -0.2) is 92.7 Å². The largest absolute Gasteiger partial charge is 0.508 e. The van der Waals surface area contributed by atoms with Gasteiger partial charge in [-0.25, -0.2) is 4.79 Å². The Morgan fingerprint density at radius 2 is 1.31 bits per heavy atom. The van der Waals surface area contributed by atoms with E-state index in [9.17, 15) is 44.7 Å². The first-order valence-electron chi connectivity index (χ1n) is 9.57. The van der Waals surface area contributed by atoms with E-state index in [0.717, 1.165) is 0 Å². The van der Waals surface area contributed by atoms with Gasteiger partial charge in [-0.05, 0) is 24.6 Å². The van der Waals surface area contributed by atoms with Gasteiger partial charge in [0.1, 0.15) is 29.9 Å². The minimum atomic E-state index is -1.58. The summed E-state index contributed by atoms with van der Waals surface area (Å²) in [6, 6.07) is -0.272. The molecule has 5 atom stereocenters. The first kappa shape index (κ1) is 26.8. The topological polar surface area (TPSA) is 232 Å². The van der Waals surface area contributed by atoms with Gasteiger partial charge in [-0.1, -0.05) is 12.1 Å². The van der Waals surface area contributed by atoms with E-state index in [1.807, 2.05) is 0 Å². The van der Waals surface area contributed by atoms with Crippen LogP contribution in [0.1, 0.15) is 12.5 Å². The zero-order valence-corrected chi connectivity index (χ0v) is 17.3. The minimum absolute atomic E-state index is 0.0207. The number of aliphatic carboxylic acids is 1. The maximum Gasteiger partial charge on any atom is 0.326 e. The number of aliphatic hydroxyl groups excluding tert-OH is 3. The van der Waals surface area contributed by atoms with E-state index in [4.69, 9.17) is 5.73 Å². The van der Waals surface area contributed by atoms with Crippen LogP contribution in [0.4, 0.5) is 0 Å². The van der Waals surface area contributed by atoms with Crippen molar-refractivity contribution in [1.29, 1.82) is 0 Å². The Morgan fingerprint density at radius 1 is 0.875 bits per heavy atom. The lowest BCUT2D eigenvalue weighted by Gasteiger charge is -2.23. The van der Waals surface area contributed by atoms with Gasteiger partial charge in [0.15, 0.2) is 0 Å². The summed E-state index contributed by atoms with van der Waals surface area (Å²) in [5, 5.41) is 53.2. The first-order chi connectivity index (χ1) is 15.0. The van der Waals surface area contributed by atoms with Gasteiger partial charge < -0.3 is 47.2 Å². The Balaban J connectivity index is 2.79. The third-order valence-corrected chi connectivity index (χ3v) is 4.44. The highest BCUT2D eigenvalue weighted by molar-refractivity contribution is 5.94. The summed E-state index contributed by atoms with van der Waals surface area (Å²) >= 11 is 0. The molecular weight excluding hydrogens is 428 g/mol. The van der Waals surface area contributed by atoms with Crippen LogP contribution in [0.2, 0.25) is 0 Å². The molecule has 0 bridgehead atoms. The maximum atomic E-state index is 12.4. The van der Waals surface area contributed by atoms with E-state index < -0.39 is 67.2 Å². The number of phenolic OH excluding ortho intramolecular Hbond substituents is 1. The average Bonchev–Trinajstić information content (AvgIpc) is 2.75. The van der Waals surface area contributed by atoms with Crippen molar-refractivity contribution in [3.63, 3.8) is 0 Å². The molecule has 32 heavy (non-hydrogen) atoms. The minimum Gasteiger partial charge on any atom is -0.508 e. The SMILES string of the molecule is CC(O)C(N)C(=O)NC(CO)C(=O)NC(CO)C(=O)NC(Cc1ccc(O)cc1)C(=O)O. The molecule has 0 heterocycles. The predicted octanol–water partition coefficient (Wildman–Crippen LogP) is -3.83. The normalized spacial score (nSPS) is 15.5. The second kappa shape index (κ2) is 12.6. The summed E-state index contributed by atoms with van der Waals surface area (Å²) in [7, 11) is 0. The fourth-order valence-electron chi connectivity index (χ4n) is 2.49. The Hall–Kier alpha value is -3.26. The second-order valence-corrected chi connectivity index (χ2v) is 7.02. The summed E-state index contributed by atoms with van der Waals surface area (Å²) in [5.74, 6) is -4.39. The molecule has 178 valence electrons. The lowest BCUT2D eigenvalue weighted by molar-refractivity contribution is -0.142. The summed E-state index contributed by atoms with van der Waals surface area (Å²) in [4.78, 5) is 48.1. The molecule has 1 rings (SSSR count). The molecule has 0 aliphatic rings. The van der Waals surface area contributed by atoms with Crippen molar-refractivity contribution in [3.8, 4) is 5.75 Å². The zero-order chi connectivity index (χ0) is 24.4. The number of carbonyl (C=O) groups excluding carboxylic acids is 3. The summed E-state index contributed by atoms with van der Waals surface area (Å²) in [6.07, 6.45) is -1.37. The monoisotopic (exact) mass is 456 g/mol. The number of phenols is 1. The number of carboxylic acids is 1. The van der Waals surface area contributed by atoms with E-state index in [0.29, 0.717) is 5.56 Å². The number of carbonyl (C=O) groups is 4. The Kier molecular flexibility index (Phi) is 10.5. The van der Waals surface area contributed by atoms with Gasteiger partial charge in [-0.15, -0.1) is 0 Å². The zero-order valence-electron chi connectivity index (χ0n) is 17.3. The molecule has 0 aliphatic heterocycles. The van der Waals surface area contributed by atoms with Crippen molar-refractivity contribution in [2.45, 2.75) is 43.6 Å². The molecule has 0 fully saturated rings. The van der Waals surface area contributed by atoms with Crippen LogP contribution in [0, 0.1) is 0 Å². The third kappa shape index (κ3) is 8.11. The molecule has 0 spiro atoms. The second-order valence-electron chi connectivity index (χ2n) is 7.02. The van der Waals surface area contributed by atoms with Crippen molar-refractivity contribution in [1.82, 2.24) is 16.0 Å². The fourth-order valence-corrected chi connectivity index (χ4v) is 2.49. The molecule has 0 aliphatic carbocycles. The van der Waals surface area contributed by atoms with E-state index in [1.54, 1.807) is 0 Å². The molecule has 5 unspecified atom stereocenters. The number of benzene rings is 1. The lowest BCUT2D eigenvalue weighted by Crippen LogP contribution is -2.59. The molecule has 1 aromatic rings. The van der Waals surface area contributed by atoms with Crippen molar-refractivity contribution in [2.75, 3.05) is 13.2 Å². The number of aliphatic hydroxyl groups is 3. The number of carboxylic acid groups (broad SMARTS) is 1. The van der Waals surface area contributed by atoms with Gasteiger partial charge in [0.2, 0.25) is 17.7 Å². The highest BCUT2D eigenvalue weighted by Crippen LogP contribution is 2.11.